The number of benzene rings is 2. The second kappa shape index (κ2) is 8.46. The van der Waals surface area contributed by atoms with Crippen LogP contribution >= 0.6 is 0 Å². The van der Waals surface area contributed by atoms with Crippen LogP contribution in [0.15, 0.2) is 60.7 Å². The van der Waals surface area contributed by atoms with Gasteiger partial charge in [-0.05, 0) is 50.6 Å². The third kappa shape index (κ3) is 3.84. The van der Waals surface area contributed by atoms with E-state index in [0.29, 0.717) is 33.1 Å². The Morgan fingerprint density at radius 1 is 0.939 bits per heavy atom. The molecule has 0 spiro atoms. The second-order valence-electron chi connectivity index (χ2n) is 7.96. The standard InChI is InChI=1S/C25H22FN3O4/c1-15-12-21(17(3)28(15)20-11-7-10-19(26)13-20)22(30)14-27-23(31)24(32)29(25(27)33)16(2)18-8-5-4-6-9-18/h4-13,16H,14H2,1-3H3. The smallest absolute Gasteiger partial charge is 0.318 e. The van der Waals surface area contributed by atoms with Gasteiger partial charge in [0.15, 0.2) is 5.78 Å². The van der Waals surface area contributed by atoms with E-state index in [1.165, 1.54) is 12.1 Å². The van der Waals surface area contributed by atoms with Crippen LogP contribution in [0.4, 0.5) is 9.18 Å². The van der Waals surface area contributed by atoms with E-state index < -0.39 is 42.0 Å². The fourth-order valence-corrected chi connectivity index (χ4v) is 4.17. The van der Waals surface area contributed by atoms with E-state index in [0.717, 1.165) is 4.90 Å². The monoisotopic (exact) mass is 447 g/mol. The van der Waals surface area contributed by atoms with Crippen LogP contribution in [-0.4, -0.2) is 44.5 Å². The number of hydrogen-bond acceptors (Lipinski definition) is 4. The molecule has 4 amide bonds. The average Bonchev–Trinajstić information content (AvgIpc) is 3.21. The minimum atomic E-state index is -1.03. The van der Waals surface area contributed by atoms with Gasteiger partial charge >= 0.3 is 17.8 Å². The lowest BCUT2D eigenvalue weighted by Crippen LogP contribution is -2.38. The molecule has 3 aromatic rings. The highest BCUT2D eigenvalue weighted by Gasteiger charge is 2.47. The molecule has 4 rings (SSSR count). The van der Waals surface area contributed by atoms with Crippen molar-refractivity contribution in [3.8, 4) is 5.69 Å². The zero-order chi connectivity index (χ0) is 23.9. The van der Waals surface area contributed by atoms with Crippen molar-refractivity contribution in [2.75, 3.05) is 6.54 Å². The number of imide groups is 2. The molecule has 1 aliphatic heterocycles. The van der Waals surface area contributed by atoms with Gasteiger partial charge in [0.1, 0.15) is 5.82 Å². The topological polar surface area (TPSA) is 79.7 Å². The summed E-state index contributed by atoms with van der Waals surface area (Å²) >= 11 is 0. The maximum atomic E-state index is 13.7. The Labute approximate surface area is 190 Å². The molecule has 0 N–H and O–H groups in total. The van der Waals surface area contributed by atoms with E-state index in [-0.39, 0.29) is 0 Å². The maximum Gasteiger partial charge on any atom is 0.335 e. The normalized spacial score (nSPS) is 14.8. The predicted octanol–water partition coefficient (Wildman–Crippen LogP) is 3.97. The number of aromatic nitrogens is 1. The van der Waals surface area contributed by atoms with Crippen molar-refractivity contribution >= 4 is 23.6 Å². The summed E-state index contributed by atoms with van der Waals surface area (Å²) in [5, 5.41) is 0. The highest BCUT2D eigenvalue weighted by Crippen LogP contribution is 2.27. The van der Waals surface area contributed by atoms with E-state index in [9.17, 15) is 23.6 Å². The minimum Gasteiger partial charge on any atom is -0.318 e. The van der Waals surface area contributed by atoms with Crippen molar-refractivity contribution in [2.24, 2.45) is 0 Å². The number of ketones is 1. The van der Waals surface area contributed by atoms with Crippen LogP contribution in [0.3, 0.4) is 0 Å². The molecule has 2 aromatic carbocycles. The first-order chi connectivity index (χ1) is 15.7. The molecule has 1 fully saturated rings. The number of Topliss-reactive ketones (excluding diaryl/α,β-unsaturated/α-hetero) is 1. The predicted molar refractivity (Wildman–Crippen MR) is 118 cm³/mol. The van der Waals surface area contributed by atoms with Gasteiger partial charge in [-0.15, -0.1) is 0 Å². The molecule has 0 bridgehead atoms. The summed E-state index contributed by atoms with van der Waals surface area (Å²) in [5.74, 6) is -2.90. The van der Waals surface area contributed by atoms with Crippen molar-refractivity contribution < 1.29 is 23.6 Å². The number of hydrogen-bond donors (Lipinski definition) is 0. The first kappa shape index (κ1) is 22.1. The highest BCUT2D eigenvalue weighted by molar-refractivity contribution is 6.45. The summed E-state index contributed by atoms with van der Waals surface area (Å²) in [7, 11) is 0. The molecule has 0 radical (unpaired) electrons. The van der Waals surface area contributed by atoms with Gasteiger partial charge in [0.05, 0.1) is 12.6 Å². The number of carbonyl (C=O) groups excluding carboxylic acids is 4. The van der Waals surface area contributed by atoms with E-state index in [1.807, 2.05) is 0 Å². The largest absolute Gasteiger partial charge is 0.335 e. The number of carbonyl (C=O) groups is 4. The van der Waals surface area contributed by atoms with Crippen LogP contribution in [0.1, 0.15) is 40.3 Å². The molecule has 1 saturated heterocycles. The molecule has 8 heteroatoms. The number of halogens is 1. The lowest BCUT2D eigenvalue weighted by Gasteiger charge is -2.22. The third-order valence-corrected chi connectivity index (χ3v) is 5.85. The quantitative estimate of drug-likeness (QED) is 0.325. The second-order valence-corrected chi connectivity index (χ2v) is 7.96. The molecule has 1 atom stereocenters. The van der Waals surface area contributed by atoms with Crippen LogP contribution < -0.4 is 0 Å². The molecular formula is C25H22FN3O4. The summed E-state index contributed by atoms with van der Waals surface area (Å²) in [6.45, 7) is 4.56. The van der Waals surface area contributed by atoms with Crippen LogP contribution in [-0.2, 0) is 9.59 Å². The van der Waals surface area contributed by atoms with Crippen molar-refractivity contribution in [3.05, 3.63) is 89.0 Å². The van der Waals surface area contributed by atoms with Gasteiger partial charge < -0.3 is 4.57 Å². The molecule has 0 saturated carbocycles. The molecule has 7 nitrogen and oxygen atoms in total. The lowest BCUT2D eigenvalue weighted by molar-refractivity contribution is -0.143. The fourth-order valence-electron chi connectivity index (χ4n) is 4.17. The van der Waals surface area contributed by atoms with E-state index in [2.05, 4.69) is 0 Å². The van der Waals surface area contributed by atoms with Gasteiger partial charge in [0.2, 0.25) is 0 Å². The van der Waals surface area contributed by atoms with Crippen LogP contribution in [0.25, 0.3) is 5.69 Å². The third-order valence-electron chi connectivity index (χ3n) is 5.85. The van der Waals surface area contributed by atoms with Gasteiger partial charge in [-0.1, -0.05) is 36.4 Å². The van der Waals surface area contributed by atoms with Crippen LogP contribution in [0.5, 0.6) is 0 Å². The van der Waals surface area contributed by atoms with Crippen molar-refractivity contribution in [1.82, 2.24) is 14.4 Å². The Morgan fingerprint density at radius 3 is 2.30 bits per heavy atom. The van der Waals surface area contributed by atoms with Gasteiger partial charge in [-0.25, -0.2) is 19.0 Å². The number of rotatable bonds is 6. The summed E-state index contributed by atoms with van der Waals surface area (Å²) < 4.78 is 15.4. The number of aryl methyl sites for hydroxylation is 1. The summed E-state index contributed by atoms with van der Waals surface area (Å²) in [4.78, 5) is 52.7. The lowest BCUT2D eigenvalue weighted by atomic mass is 10.1. The van der Waals surface area contributed by atoms with Crippen molar-refractivity contribution in [1.29, 1.82) is 0 Å². The molecule has 0 aliphatic carbocycles. The van der Waals surface area contributed by atoms with Gasteiger partial charge in [-0.2, -0.15) is 0 Å². The van der Waals surface area contributed by atoms with Crippen LogP contribution in [0.2, 0.25) is 0 Å². The maximum absolute atomic E-state index is 13.7. The van der Waals surface area contributed by atoms with Gasteiger partial charge in [0.25, 0.3) is 0 Å². The molecule has 1 aliphatic rings. The number of amides is 4. The molecule has 1 unspecified atom stereocenters. The highest BCUT2D eigenvalue weighted by atomic mass is 19.1. The molecule has 1 aromatic heterocycles. The summed E-state index contributed by atoms with van der Waals surface area (Å²) in [6.07, 6.45) is 0. The van der Waals surface area contributed by atoms with E-state index in [4.69, 9.17) is 0 Å². The number of nitrogens with zero attached hydrogens (tertiary/aromatic N) is 3. The Kier molecular flexibility index (Phi) is 5.68. The minimum absolute atomic E-state index is 0.291. The fraction of sp³-hybridized carbons (Fsp3) is 0.200. The molecule has 33 heavy (non-hydrogen) atoms. The Bertz CT molecular complexity index is 1280. The first-order valence-corrected chi connectivity index (χ1v) is 10.4. The van der Waals surface area contributed by atoms with Crippen molar-refractivity contribution in [2.45, 2.75) is 26.8 Å². The van der Waals surface area contributed by atoms with E-state index >= 15 is 0 Å². The number of urea groups is 1. The van der Waals surface area contributed by atoms with Gasteiger partial charge in [0, 0.05) is 22.6 Å². The molecule has 168 valence electrons. The van der Waals surface area contributed by atoms with Crippen molar-refractivity contribution in [3.63, 3.8) is 0 Å². The SMILES string of the molecule is Cc1cc(C(=O)CN2C(=O)C(=O)N(C(C)c3ccccc3)C2=O)c(C)n1-c1cccc(F)c1. The average molecular weight is 447 g/mol. The summed E-state index contributed by atoms with van der Waals surface area (Å²) in [5.41, 5.74) is 2.77. The molecular weight excluding hydrogens is 425 g/mol. The molecule has 2 heterocycles. The Morgan fingerprint density at radius 2 is 1.64 bits per heavy atom. The Balaban J connectivity index is 1.59. The zero-order valence-corrected chi connectivity index (χ0v) is 18.4. The van der Waals surface area contributed by atoms with Gasteiger partial charge in [-0.3, -0.25) is 14.4 Å². The van der Waals surface area contributed by atoms with E-state index in [1.54, 1.807) is 73.9 Å². The Hall–Kier alpha value is -4.07. The van der Waals surface area contributed by atoms with Crippen LogP contribution in [0, 0.1) is 19.7 Å². The first-order valence-electron chi connectivity index (χ1n) is 10.4. The zero-order valence-electron chi connectivity index (χ0n) is 18.4. The summed E-state index contributed by atoms with van der Waals surface area (Å²) in [6, 6.07) is 15.0.